The van der Waals surface area contributed by atoms with E-state index in [1.165, 1.54) is 16.6 Å². The molecule has 0 fully saturated rings. The number of carbonyl (C=O) groups is 1. The Morgan fingerprint density at radius 3 is 2.62 bits per heavy atom. The largest absolute Gasteiger partial charge is 0.383 e. The Hall–Kier alpha value is -3.40. The second-order valence-electron chi connectivity index (χ2n) is 7.76. The van der Waals surface area contributed by atoms with Crippen LogP contribution in [0.5, 0.6) is 0 Å². The summed E-state index contributed by atoms with van der Waals surface area (Å²) in [6.45, 7) is 2.23. The number of anilines is 2. The van der Waals surface area contributed by atoms with Crippen LogP contribution in [-0.4, -0.2) is 42.3 Å². The molecule has 10 heteroatoms. The van der Waals surface area contributed by atoms with Gasteiger partial charge in [0.15, 0.2) is 5.69 Å². The Morgan fingerprint density at radius 2 is 1.94 bits per heavy atom. The van der Waals surface area contributed by atoms with Crippen molar-refractivity contribution in [2.45, 2.75) is 19.5 Å². The molecule has 0 aliphatic rings. The highest BCUT2D eigenvalue weighted by Gasteiger charge is 2.24. The summed E-state index contributed by atoms with van der Waals surface area (Å²) in [5.74, 6) is -0.488. The van der Waals surface area contributed by atoms with Crippen molar-refractivity contribution in [3.8, 4) is 0 Å². The molecule has 3 rings (SSSR count). The van der Waals surface area contributed by atoms with Gasteiger partial charge in [0.1, 0.15) is 5.82 Å². The first-order valence-corrected chi connectivity index (χ1v) is 11.1. The monoisotopic (exact) mass is 485 g/mol. The molecule has 0 unspecified atom stereocenters. The van der Waals surface area contributed by atoms with Crippen molar-refractivity contribution in [1.29, 1.82) is 0 Å². The maximum atomic E-state index is 13.2. The topological polar surface area (TPSA) is 122 Å². The van der Waals surface area contributed by atoms with E-state index in [9.17, 15) is 14.4 Å². The Balaban J connectivity index is 1.89. The van der Waals surface area contributed by atoms with Gasteiger partial charge in [0.2, 0.25) is 5.91 Å². The molecule has 0 saturated carbocycles. The number of methoxy groups -OCH3 is 1. The van der Waals surface area contributed by atoms with E-state index in [0.29, 0.717) is 5.02 Å². The molecule has 1 heterocycles. The van der Waals surface area contributed by atoms with Gasteiger partial charge in [0.05, 0.1) is 19.7 Å². The number of nitrogen functional groups attached to an aromatic ring is 1. The average molecular weight is 486 g/mol. The van der Waals surface area contributed by atoms with Gasteiger partial charge in [-0.25, -0.2) is 4.79 Å². The van der Waals surface area contributed by atoms with Crippen molar-refractivity contribution < 1.29 is 9.53 Å². The third-order valence-corrected chi connectivity index (χ3v) is 5.63. The first-order valence-electron chi connectivity index (χ1n) is 10.8. The molecule has 3 aromatic rings. The van der Waals surface area contributed by atoms with Gasteiger partial charge in [-0.15, -0.1) is 0 Å². The Labute approximate surface area is 202 Å². The molecule has 2 aromatic carbocycles. The van der Waals surface area contributed by atoms with Gasteiger partial charge in [-0.1, -0.05) is 54.1 Å². The fraction of sp³-hybridized carbons (Fsp3) is 0.292. The van der Waals surface area contributed by atoms with Gasteiger partial charge in [0, 0.05) is 24.7 Å². The van der Waals surface area contributed by atoms with Crippen molar-refractivity contribution in [2.24, 2.45) is 0 Å². The molecule has 34 heavy (non-hydrogen) atoms. The normalized spacial score (nSPS) is 11.9. The number of aromatic amines is 1. The number of H-pyrrole nitrogens is 1. The van der Waals surface area contributed by atoms with Gasteiger partial charge in [-0.3, -0.25) is 19.1 Å². The second kappa shape index (κ2) is 11.6. The van der Waals surface area contributed by atoms with E-state index in [1.807, 2.05) is 55.5 Å². The van der Waals surface area contributed by atoms with Crippen LogP contribution in [0.2, 0.25) is 5.02 Å². The van der Waals surface area contributed by atoms with Crippen LogP contribution in [0.4, 0.5) is 11.5 Å². The van der Waals surface area contributed by atoms with E-state index in [4.69, 9.17) is 22.1 Å². The van der Waals surface area contributed by atoms with E-state index in [-0.39, 0.29) is 43.8 Å². The molecule has 0 radical (unpaired) electrons. The first-order chi connectivity index (χ1) is 16.3. The van der Waals surface area contributed by atoms with Crippen LogP contribution < -0.4 is 27.2 Å². The zero-order valence-corrected chi connectivity index (χ0v) is 19.8. The highest BCUT2D eigenvalue weighted by molar-refractivity contribution is 6.30. The van der Waals surface area contributed by atoms with Gasteiger partial charge < -0.3 is 20.7 Å². The fourth-order valence-corrected chi connectivity index (χ4v) is 3.73. The number of ether oxygens (including phenoxy) is 1. The summed E-state index contributed by atoms with van der Waals surface area (Å²) in [5, 5.41) is 3.74. The van der Waals surface area contributed by atoms with Crippen LogP contribution in [-0.2, 0) is 16.1 Å². The van der Waals surface area contributed by atoms with Crippen molar-refractivity contribution in [1.82, 2.24) is 14.9 Å². The lowest BCUT2D eigenvalue weighted by Crippen LogP contribution is -2.45. The summed E-state index contributed by atoms with van der Waals surface area (Å²) in [7, 11) is 1.49. The number of halogens is 1. The number of aromatic nitrogens is 2. The third kappa shape index (κ3) is 6.13. The van der Waals surface area contributed by atoms with E-state index < -0.39 is 17.2 Å². The number of hydrogen-bond donors (Lipinski definition) is 3. The molecule has 0 saturated heterocycles. The lowest BCUT2D eigenvalue weighted by Gasteiger charge is -2.25. The van der Waals surface area contributed by atoms with Crippen LogP contribution in [0, 0.1) is 0 Å². The van der Waals surface area contributed by atoms with Crippen molar-refractivity contribution in [2.75, 3.05) is 37.4 Å². The van der Waals surface area contributed by atoms with E-state index >= 15 is 0 Å². The highest BCUT2D eigenvalue weighted by Crippen LogP contribution is 2.19. The predicted molar refractivity (Wildman–Crippen MR) is 133 cm³/mol. The molecule has 4 N–H and O–H groups in total. The first kappa shape index (κ1) is 25.2. The lowest BCUT2D eigenvalue weighted by molar-refractivity contribution is -0.118. The Kier molecular flexibility index (Phi) is 8.64. The minimum Gasteiger partial charge on any atom is -0.383 e. The smallest absolute Gasteiger partial charge is 0.330 e. The molecule has 0 aliphatic carbocycles. The molecular weight excluding hydrogens is 458 g/mol. The minimum absolute atomic E-state index is 0.0753. The Morgan fingerprint density at radius 1 is 1.21 bits per heavy atom. The summed E-state index contributed by atoms with van der Waals surface area (Å²) in [4.78, 5) is 42.0. The van der Waals surface area contributed by atoms with Crippen LogP contribution in [0.25, 0.3) is 0 Å². The number of rotatable bonds is 10. The highest BCUT2D eigenvalue weighted by atomic mass is 35.5. The molecule has 9 nitrogen and oxygen atoms in total. The average Bonchev–Trinajstić information content (AvgIpc) is 2.82. The van der Waals surface area contributed by atoms with Gasteiger partial charge in [0.25, 0.3) is 5.56 Å². The van der Waals surface area contributed by atoms with Crippen LogP contribution in [0.3, 0.4) is 0 Å². The number of hydrogen-bond acceptors (Lipinski definition) is 6. The van der Waals surface area contributed by atoms with Gasteiger partial charge in [-0.2, -0.15) is 0 Å². The van der Waals surface area contributed by atoms with Crippen molar-refractivity contribution in [3.05, 3.63) is 91.6 Å². The number of nitrogens with zero attached hydrogens (tertiary/aromatic N) is 2. The quantitative estimate of drug-likeness (QED) is 0.404. The molecule has 1 atom stereocenters. The molecule has 0 aliphatic heterocycles. The van der Waals surface area contributed by atoms with Crippen LogP contribution in [0.1, 0.15) is 24.1 Å². The minimum atomic E-state index is -0.737. The van der Waals surface area contributed by atoms with Gasteiger partial charge in [-0.05, 0) is 30.2 Å². The maximum Gasteiger partial charge on any atom is 0.330 e. The van der Waals surface area contributed by atoms with E-state index in [2.05, 4.69) is 10.3 Å². The Bertz CT molecular complexity index is 1240. The molecule has 1 aromatic heterocycles. The summed E-state index contributed by atoms with van der Waals surface area (Å²) in [6, 6.07) is 16.4. The third-order valence-electron chi connectivity index (χ3n) is 5.40. The van der Waals surface area contributed by atoms with E-state index in [0.717, 1.165) is 11.1 Å². The number of amides is 1. The summed E-state index contributed by atoms with van der Waals surface area (Å²) in [6.07, 6.45) is 0. The number of nitrogens with one attached hydrogen (secondary N) is 2. The van der Waals surface area contributed by atoms with Crippen LogP contribution in [0.15, 0.2) is 64.2 Å². The van der Waals surface area contributed by atoms with Crippen LogP contribution >= 0.6 is 11.6 Å². The predicted octanol–water partition coefficient (Wildman–Crippen LogP) is 2.15. The standard InChI is InChI=1S/C24H28ClN5O4/c1-16(18-9-6-10-19(25)13-18)27-14-20(31)29(11-12-34-2)21-22(26)30(24(33)28-23(21)32)15-17-7-4-3-5-8-17/h3-10,13,16,27H,11-12,14-15,26H2,1-2H3,(H,28,32,33)/t16-/m0/s1. The SMILES string of the molecule is COCCN(C(=O)CN[C@@H](C)c1cccc(Cl)c1)c1c(N)n(Cc2ccccc2)c(=O)[nH]c1=O. The summed E-state index contributed by atoms with van der Waals surface area (Å²) in [5.41, 5.74) is 6.54. The molecule has 0 spiro atoms. The summed E-state index contributed by atoms with van der Waals surface area (Å²) >= 11 is 6.06. The van der Waals surface area contributed by atoms with Crippen molar-refractivity contribution in [3.63, 3.8) is 0 Å². The molecule has 1 amide bonds. The number of carbonyl (C=O) groups excluding carboxylic acids is 1. The molecule has 0 bridgehead atoms. The summed E-state index contributed by atoms with van der Waals surface area (Å²) < 4.78 is 6.37. The zero-order chi connectivity index (χ0) is 24.7. The number of benzene rings is 2. The van der Waals surface area contributed by atoms with Gasteiger partial charge >= 0.3 is 5.69 Å². The lowest BCUT2D eigenvalue weighted by atomic mass is 10.1. The molecule has 180 valence electrons. The van der Waals surface area contributed by atoms with E-state index in [1.54, 1.807) is 6.07 Å². The van der Waals surface area contributed by atoms with Crippen molar-refractivity contribution >= 4 is 29.0 Å². The maximum absolute atomic E-state index is 13.2. The molecular formula is C24H28ClN5O4. The zero-order valence-electron chi connectivity index (χ0n) is 19.1. The second-order valence-corrected chi connectivity index (χ2v) is 8.20. The number of nitrogens with two attached hydrogens (primary N) is 1. The fourth-order valence-electron chi connectivity index (χ4n) is 3.53.